The summed E-state index contributed by atoms with van der Waals surface area (Å²) in [6.07, 6.45) is 3.93. The topological polar surface area (TPSA) is 47.4 Å². The largest absolute Gasteiger partial charge is 0.493 e. The summed E-state index contributed by atoms with van der Waals surface area (Å²) in [5.74, 6) is 1.39. The molecular formula is C19H25N3O2. The van der Waals surface area contributed by atoms with E-state index in [1.165, 1.54) is 0 Å². The van der Waals surface area contributed by atoms with E-state index in [-0.39, 0.29) is 5.91 Å². The van der Waals surface area contributed by atoms with E-state index >= 15 is 0 Å². The Balaban J connectivity index is 1.61. The van der Waals surface area contributed by atoms with Crippen LogP contribution in [0.15, 0.2) is 30.5 Å². The number of nitrogens with zero attached hydrogens (tertiary/aromatic N) is 3. The zero-order chi connectivity index (χ0) is 17.1. The SMILES string of the molecule is Cc1ccccc1OCC1CCCN(C(=O)c2cn(C)nc2C)C1. The molecule has 3 rings (SSSR count). The predicted octanol–water partition coefficient (Wildman–Crippen LogP) is 2.97. The van der Waals surface area contributed by atoms with Gasteiger partial charge in [-0.15, -0.1) is 0 Å². The van der Waals surface area contributed by atoms with Gasteiger partial charge >= 0.3 is 0 Å². The third-order valence-corrected chi connectivity index (χ3v) is 4.62. The van der Waals surface area contributed by atoms with E-state index in [2.05, 4.69) is 18.1 Å². The summed E-state index contributed by atoms with van der Waals surface area (Å²) in [7, 11) is 1.85. The maximum Gasteiger partial charge on any atom is 0.257 e. The highest BCUT2D eigenvalue weighted by molar-refractivity contribution is 5.95. The van der Waals surface area contributed by atoms with Crippen LogP contribution < -0.4 is 4.74 Å². The minimum Gasteiger partial charge on any atom is -0.493 e. The maximum absolute atomic E-state index is 12.7. The number of hydrogen-bond donors (Lipinski definition) is 0. The van der Waals surface area contributed by atoms with E-state index in [9.17, 15) is 4.79 Å². The lowest BCUT2D eigenvalue weighted by Gasteiger charge is -2.32. The Morgan fingerprint density at radius 2 is 2.12 bits per heavy atom. The van der Waals surface area contributed by atoms with Crippen molar-refractivity contribution in [3.63, 3.8) is 0 Å². The minimum atomic E-state index is 0.0844. The monoisotopic (exact) mass is 327 g/mol. The number of benzene rings is 1. The van der Waals surface area contributed by atoms with E-state index in [1.54, 1.807) is 4.68 Å². The number of piperidine rings is 1. The Hall–Kier alpha value is -2.30. The third-order valence-electron chi connectivity index (χ3n) is 4.62. The molecular weight excluding hydrogens is 302 g/mol. The first kappa shape index (κ1) is 16.6. The van der Waals surface area contributed by atoms with Crippen LogP contribution in [0.3, 0.4) is 0 Å². The molecule has 0 bridgehead atoms. The van der Waals surface area contributed by atoms with Crippen LogP contribution in [0.25, 0.3) is 0 Å². The van der Waals surface area contributed by atoms with Gasteiger partial charge in [-0.25, -0.2) is 0 Å². The van der Waals surface area contributed by atoms with Crippen molar-refractivity contribution in [3.05, 3.63) is 47.3 Å². The summed E-state index contributed by atoms with van der Waals surface area (Å²) in [4.78, 5) is 14.7. The Morgan fingerprint density at radius 1 is 1.33 bits per heavy atom. The quantitative estimate of drug-likeness (QED) is 0.867. The molecule has 2 heterocycles. The van der Waals surface area contributed by atoms with Gasteiger partial charge in [0.2, 0.25) is 0 Å². The summed E-state index contributed by atoms with van der Waals surface area (Å²) >= 11 is 0. The molecule has 5 nitrogen and oxygen atoms in total. The average molecular weight is 327 g/mol. The molecule has 1 unspecified atom stereocenters. The predicted molar refractivity (Wildman–Crippen MR) is 93.2 cm³/mol. The highest BCUT2D eigenvalue weighted by Crippen LogP contribution is 2.22. The van der Waals surface area contributed by atoms with Crippen LogP contribution in [0.5, 0.6) is 5.75 Å². The number of rotatable bonds is 4. The lowest BCUT2D eigenvalue weighted by atomic mass is 9.98. The summed E-state index contributed by atoms with van der Waals surface area (Å²) in [6.45, 7) is 6.15. The first-order valence-corrected chi connectivity index (χ1v) is 8.52. The zero-order valence-corrected chi connectivity index (χ0v) is 14.7. The van der Waals surface area contributed by atoms with Crippen molar-refractivity contribution in [2.24, 2.45) is 13.0 Å². The number of aromatic nitrogens is 2. The number of carbonyl (C=O) groups excluding carboxylic acids is 1. The van der Waals surface area contributed by atoms with Gasteiger partial charge in [-0.1, -0.05) is 18.2 Å². The van der Waals surface area contributed by atoms with Crippen molar-refractivity contribution in [2.75, 3.05) is 19.7 Å². The number of hydrogen-bond acceptors (Lipinski definition) is 3. The van der Waals surface area contributed by atoms with E-state index in [4.69, 9.17) is 4.74 Å². The van der Waals surface area contributed by atoms with Crippen molar-refractivity contribution in [1.29, 1.82) is 0 Å². The molecule has 1 aliphatic heterocycles. The molecule has 2 aromatic rings. The Labute approximate surface area is 143 Å². The summed E-state index contributed by atoms with van der Waals surface area (Å²) < 4.78 is 7.68. The molecule has 0 aliphatic carbocycles. The van der Waals surface area contributed by atoms with Crippen LogP contribution in [0, 0.1) is 19.8 Å². The van der Waals surface area contributed by atoms with E-state index in [0.717, 1.165) is 42.9 Å². The highest BCUT2D eigenvalue weighted by atomic mass is 16.5. The number of likely N-dealkylation sites (tertiary alicyclic amines) is 1. The summed E-state index contributed by atoms with van der Waals surface area (Å²) in [6, 6.07) is 8.06. The van der Waals surface area contributed by atoms with Crippen LogP contribution in [-0.4, -0.2) is 40.3 Å². The van der Waals surface area contributed by atoms with Crippen molar-refractivity contribution in [2.45, 2.75) is 26.7 Å². The highest BCUT2D eigenvalue weighted by Gasteiger charge is 2.26. The van der Waals surface area contributed by atoms with Gasteiger partial charge in [-0.2, -0.15) is 5.10 Å². The van der Waals surface area contributed by atoms with E-state index < -0.39 is 0 Å². The molecule has 5 heteroatoms. The average Bonchev–Trinajstić information content (AvgIpc) is 2.92. The number of para-hydroxylation sites is 1. The van der Waals surface area contributed by atoms with Crippen LogP contribution in [-0.2, 0) is 7.05 Å². The molecule has 1 aromatic heterocycles. The van der Waals surface area contributed by atoms with E-state index in [0.29, 0.717) is 18.1 Å². The van der Waals surface area contributed by atoms with Crippen LogP contribution in [0.1, 0.15) is 34.5 Å². The fraction of sp³-hybridized carbons (Fsp3) is 0.474. The van der Waals surface area contributed by atoms with Gasteiger partial charge < -0.3 is 9.64 Å². The van der Waals surface area contributed by atoms with Gasteiger partial charge in [0.15, 0.2) is 0 Å². The lowest BCUT2D eigenvalue weighted by molar-refractivity contribution is 0.0632. The second-order valence-corrected chi connectivity index (χ2v) is 6.64. The molecule has 24 heavy (non-hydrogen) atoms. The Morgan fingerprint density at radius 3 is 2.83 bits per heavy atom. The van der Waals surface area contributed by atoms with Gasteiger partial charge in [0.1, 0.15) is 5.75 Å². The van der Waals surface area contributed by atoms with Crippen molar-refractivity contribution >= 4 is 5.91 Å². The van der Waals surface area contributed by atoms with Gasteiger partial charge in [-0.05, 0) is 38.3 Å². The lowest BCUT2D eigenvalue weighted by Crippen LogP contribution is -2.41. The fourth-order valence-corrected chi connectivity index (χ4v) is 3.29. The molecule has 0 spiro atoms. The van der Waals surface area contributed by atoms with Gasteiger partial charge in [0, 0.05) is 32.3 Å². The zero-order valence-electron chi connectivity index (χ0n) is 14.7. The molecule has 1 amide bonds. The Bertz CT molecular complexity index is 723. The first-order valence-electron chi connectivity index (χ1n) is 8.52. The maximum atomic E-state index is 12.7. The standard InChI is InChI=1S/C19H25N3O2/c1-14-7-4-5-9-18(14)24-13-16-8-6-10-22(11-16)19(23)17-12-21(3)20-15(17)2/h4-5,7,9,12,16H,6,8,10-11,13H2,1-3H3. The molecule has 0 saturated carbocycles. The molecule has 0 radical (unpaired) electrons. The van der Waals surface area contributed by atoms with Crippen LogP contribution in [0.2, 0.25) is 0 Å². The van der Waals surface area contributed by atoms with Crippen molar-refractivity contribution in [1.82, 2.24) is 14.7 Å². The summed E-state index contributed by atoms with van der Waals surface area (Å²) in [5.41, 5.74) is 2.64. The van der Waals surface area contributed by atoms with Crippen LogP contribution in [0.4, 0.5) is 0 Å². The number of carbonyl (C=O) groups is 1. The van der Waals surface area contributed by atoms with Crippen LogP contribution >= 0.6 is 0 Å². The van der Waals surface area contributed by atoms with Crippen molar-refractivity contribution < 1.29 is 9.53 Å². The minimum absolute atomic E-state index is 0.0844. The van der Waals surface area contributed by atoms with Crippen molar-refractivity contribution in [3.8, 4) is 5.75 Å². The van der Waals surface area contributed by atoms with Gasteiger partial charge in [0.25, 0.3) is 5.91 Å². The number of aryl methyl sites for hydroxylation is 3. The first-order chi connectivity index (χ1) is 11.5. The fourth-order valence-electron chi connectivity index (χ4n) is 3.29. The molecule has 1 atom stereocenters. The molecule has 128 valence electrons. The summed E-state index contributed by atoms with van der Waals surface area (Å²) in [5, 5.41) is 4.28. The van der Waals surface area contributed by atoms with Gasteiger partial charge in [-0.3, -0.25) is 9.48 Å². The number of ether oxygens (including phenoxy) is 1. The third kappa shape index (κ3) is 3.61. The van der Waals surface area contributed by atoms with E-state index in [1.807, 2.05) is 43.3 Å². The molecule has 1 saturated heterocycles. The normalized spacial score (nSPS) is 17.8. The number of amides is 1. The molecule has 1 fully saturated rings. The molecule has 0 N–H and O–H groups in total. The second-order valence-electron chi connectivity index (χ2n) is 6.64. The Kier molecular flexibility index (Phi) is 4.88. The van der Waals surface area contributed by atoms with Gasteiger partial charge in [0.05, 0.1) is 17.9 Å². The molecule has 1 aromatic carbocycles. The smallest absolute Gasteiger partial charge is 0.257 e. The second kappa shape index (κ2) is 7.07. The molecule has 1 aliphatic rings.